The van der Waals surface area contributed by atoms with Crippen LogP contribution in [0.25, 0.3) is 0 Å². The molecule has 2 aromatic rings. The molecule has 1 unspecified atom stereocenters. The molecule has 1 aliphatic carbocycles. The quantitative estimate of drug-likeness (QED) is 0.524. The van der Waals surface area contributed by atoms with Crippen LogP contribution >= 0.6 is 0 Å². The van der Waals surface area contributed by atoms with E-state index < -0.39 is 0 Å². The molecule has 1 saturated carbocycles. The fourth-order valence-electron chi connectivity index (χ4n) is 3.98. The summed E-state index contributed by atoms with van der Waals surface area (Å²) in [6.45, 7) is 4.28. The minimum Gasteiger partial charge on any atom is -0.462 e. The van der Waals surface area contributed by atoms with Gasteiger partial charge in [-0.25, -0.2) is 4.79 Å². The number of nitrogens with two attached hydrogens (primary N) is 1. The van der Waals surface area contributed by atoms with Gasteiger partial charge in [-0.1, -0.05) is 37.5 Å². The van der Waals surface area contributed by atoms with E-state index in [9.17, 15) is 4.79 Å². The highest BCUT2D eigenvalue weighted by atomic mass is 16.5. The third-order valence-corrected chi connectivity index (χ3v) is 5.40. The van der Waals surface area contributed by atoms with E-state index in [2.05, 4.69) is 24.4 Å². The van der Waals surface area contributed by atoms with E-state index in [1.54, 1.807) is 0 Å². The Morgan fingerprint density at radius 2 is 1.96 bits per heavy atom. The van der Waals surface area contributed by atoms with E-state index in [0.717, 1.165) is 16.9 Å². The summed E-state index contributed by atoms with van der Waals surface area (Å²) in [5.74, 6) is 0.257. The molecule has 0 aliphatic heterocycles. The van der Waals surface area contributed by atoms with Crippen molar-refractivity contribution in [2.45, 2.75) is 52.0 Å². The number of nitrogens with one attached hydrogen (secondary N) is 1. The maximum atomic E-state index is 12.2. The Morgan fingerprint density at radius 1 is 1.19 bits per heavy atom. The first-order chi connectivity index (χ1) is 13.1. The molecule has 4 heteroatoms. The molecule has 0 bridgehead atoms. The molecule has 0 heterocycles. The molecule has 2 aromatic carbocycles. The number of rotatable bonds is 6. The maximum Gasteiger partial charge on any atom is 0.338 e. The number of carbonyl (C=O) groups excluding carboxylic acids is 1. The van der Waals surface area contributed by atoms with Gasteiger partial charge in [-0.2, -0.15) is 0 Å². The van der Waals surface area contributed by atoms with E-state index in [0.29, 0.717) is 18.1 Å². The first kappa shape index (κ1) is 19.3. The lowest BCUT2D eigenvalue weighted by Crippen LogP contribution is -2.24. The van der Waals surface area contributed by atoms with Crippen LogP contribution in [0.15, 0.2) is 42.5 Å². The second kappa shape index (κ2) is 8.94. The Kier molecular flexibility index (Phi) is 6.38. The van der Waals surface area contributed by atoms with Crippen LogP contribution in [-0.4, -0.2) is 12.6 Å². The number of benzene rings is 2. The number of ether oxygens (including phenoxy) is 1. The zero-order valence-corrected chi connectivity index (χ0v) is 16.3. The van der Waals surface area contributed by atoms with Crippen LogP contribution in [0.4, 0.5) is 11.4 Å². The van der Waals surface area contributed by atoms with Crippen molar-refractivity contribution in [1.82, 2.24) is 0 Å². The fourth-order valence-corrected chi connectivity index (χ4v) is 3.98. The number of hydrogen-bond donors (Lipinski definition) is 2. The summed E-state index contributed by atoms with van der Waals surface area (Å²) < 4.78 is 5.18. The molecule has 0 amide bonds. The van der Waals surface area contributed by atoms with Crippen molar-refractivity contribution >= 4 is 17.3 Å². The molecule has 0 saturated heterocycles. The number of carbonyl (C=O) groups is 1. The molecule has 0 radical (unpaired) electrons. The third kappa shape index (κ3) is 4.82. The predicted molar refractivity (Wildman–Crippen MR) is 111 cm³/mol. The largest absolute Gasteiger partial charge is 0.462 e. The smallest absolute Gasteiger partial charge is 0.338 e. The molecule has 3 N–H and O–H groups in total. The molecule has 1 fully saturated rings. The van der Waals surface area contributed by atoms with Crippen molar-refractivity contribution in [3.63, 3.8) is 0 Å². The highest BCUT2D eigenvalue weighted by molar-refractivity contribution is 5.89. The summed E-state index contributed by atoms with van der Waals surface area (Å²) in [4.78, 5) is 12.2. The first-order valence-corrected chi connectivity index (χ1v) is 9.98. The van der Waals surface area contributed by atoms with Crippen LogP contribution in [-0.2, 0) is 4.74 Å². The maximum absolute atomic E-state index is 12.2. The Labute approximate surface area is 162 Å². The first-order valence-electron chi connectivity index (χ1n) is 9.98. The molecule has 27 heavy (non-hydrogen) atoms. The van der Waals surface area contributed by atoms with Gasteiger partial charge in [0.15, 0.2) is 0 Å². The second-order valence-corrected chi connectivity index (χ2v) is 7.46. The van der Waals surface area contributed by atoms with E-state index in [1.807, 2.05) is 37.3 Å². The summed E-state index contributed by atoms with van der Waals surface area (Å²) in [6.07, 6.45) is 6.19. The number of hydrogen-bond acceptors (Lipinski definition) is 4. The van der Waals surface area contributed by atoms with E-state index in [1.165, 1.54) is 37.7 Å². The van der Waals surface area contributed by atoms with Gasteiger partial charge in [0.25, 0.3) is 0 Å². The van der Waals surface area contributed by atoms with Crippen LogP contribution in [0.1, 0.15) is 66.6 Å². The standard InChI is InChI=1S/C23H30N2O2/c1-3-27-23(26)19-11-7-10-18(15-19)22(17-8-5-4-6-9-17)25-21-14-16(2)12-13-20(21)24/h7,10-15,17,22,25H,3-6,8-9,24H2,1-2H3. The van der Waals surface area contributed by atoms with Crippen LogP contribution in [0.3, 0.4) is 0 Å². The topological polar surface area (TPSA) is 64.3 Å². The summed E-state index contributed by atoms with van der Waals surface area (Å²) in [5, 5.41) is 3.70. The van der Waals surface area contributed by atoms with Crippen molar-refractivity contribution in [2.75, 3.05) is 17.7 Å². The molecule has 0 aromatic heterocycles. The second-order valence-electron chi connectivity index (χ2n) is 7.46. The highest BCUT2D eigenvalue weighted by Crippen LogP contribution is 2.38. The zero-order chi connectivity index (χ0) is 19.2. The predicted octanol–water partition coefficient (Wildman–Crippen LogP) is 5.49. The SMILES string of the molecule is CCOC(=O)c1cccc(C(Nc2cc(C)ccc2N)C2CCCCC2)c1. The van der Waals surface area contributed by atoms with Crippen LogP contribution in [0.2, 0.25) is 0 Å². The van der Waals surface area contributed by atoms with Crippen molar-refractivity contribution < 1.29 is 9.53 Å². The molecule has 144 valence electrons. The molecular formula is C23H30N2O2. The van der Waals surface area contributed by atoms with Crippen molar-refractivity contribution in [2.24, 2.45) is 5.92 Å². The molecule has 3 rings (SSSR count). The lowest BCUT2D eigenvalue weighted by atomic mass is 9.80. The van der Waals surface area contributed by atoms with Crippen LogP contribution < -0.4 is 11.1 Å². The number of nitrogen functional groups attached to an aromatic ring is 1. The molecule has 1 aliphatic rings. The van der Waals surface area contributed by atoms with Crippen molar-refractivity contribution in [3.8, 4) is 0 Å². The molecular weight excluding hydrogens is 336 g/mol. The molecule has 4 nitrogen and oxygen atoms in total. The lowest BCUT2D eigenvalue weighted by molar-refractivity contribution is 0.0526. The molecule has 0 spiro atoms. The van der Waals surface area contributed by atoms with Gasteiger partial charge in [0.1, 0.15) is 0 Å². The Morgan fingerprint density at radius 3 is 2.70 bits per heavy atom. The van der Waals surface area contributed by atoms with Gasteiger partial charge in [0.05, 0.1) is 29.6 Å². The summed E-state index contributed by atoms with van der Waals surface area (Å²) in [6, 6.07) is 14.0. The van der Waals surface area contributed by atoms with Gasteiger partial charge in [-0.05, 0) is 68.0 Å². The monoisotopic (exact) mass is 366 g/mol. The molecule has 1 atom stereocenters. The zero-order valence-electron chi connectivity index (χ0n) is 16.3. The Hall–Kier alpha value is -2.49. The van der Waals surface area contributed by atoms with Gasteiger partial charge in [0, 0.05) is 0 Å². The average molecular weight is 367 g/mol. The highest BCUT2D eigenvalue weighted by Gasteiger charge is 2.26. The fraction of sp³-hybridized carbons (Fsp3) is 0.435. The number of aryl methyl sites for hydroxylation is 1. The minimum atomic E-state index is -0.267. The normalized spacial score (nSPS) is 15.9. The Balaban J connectivity index is 1.93. The van der Waals surface area contributed by atoms with Gasteiger partial charge < -0.3 is 15.8 Å². The average Bonchev–Trinajstić information content (AvgIpc) is 2.69. The van der Waals surface area contributed by atoms with E-state index in [-0.39, 0.29) is 12.0 Å². The summed E-state index contributed by atoms with van der Waals surface area (Å²) in [7, 11) is 0. The number of anilines is 2. The van der Waals surface area contributed by atoms with Crippen LogP contribution in [0, 0.1) is 12.8 Å². The summed E-state index contributed by atoms with van der Waals surface area (Å²) >= 11 is 0. The van der Waals surface area contributed by atoms with Crippen molar-refractivity contribution in [3.05, 3.63) is 59.2 Å². The Bertz CT molecular complexity index is 782. The summed E-state index contributed by atoms with van der Waals surface area (Å²) in [5.41, 5.74) is 10.8. The van der Waals surface area contributed by atoms with Crippen molar-refractivity contribution in [1.29, 1.82) is 0 Å². The van der Waals surface area contributed by atoms with Crippen LogP contribution in [0.5, 0.6) is 0 Å². The van der Waals surface area contributed by atoms with Gasteiger partial charge in [-0.3, -0.25) is 0 Å². The minimum absolute atomic E-state index is 0.128. The van der Waals surface area contributed by atoms with Gasteiger partial charge in [0.2, 0.25) is 0 Å². The number of esters is 1. The third-order valence-electron chi connectivity index (χ3n) is 5.40. The van der Waals surface area contributed by atoms with Gasteiger partial charge in [-0.15, -0.1) is 0 Å². The van der Waals surface area contributed by atoms with E-state index in [4.69, 9.17) is 10.5 Å². The lowest BCUT2D eigenvalue weighted by Gasteiger charge is -2.32. The van der Waals surface area contributed by atoms with E-state index >= 15 is 0 Å². The van der Waals surface area contributed by atoms with Gasteiger partial charge >= 0.3 is 5.97 Å².